The maximum atomic E-state index is 5.91. The van der Waals surface area contributed by atoms with Crippen molar-refractivity contribution in [1.82, 2.24) is 4.98 Å². The first-order chi connectivity index (χ1) is 8.23. The van der Waals surface area contributed by atoms with Crippen LogP contribution in [0, 0.1) is 0 Å². The van der Waals surface area contributed by atoms with Gasteiger partial charge in [-0.1, -0.05) is 6.42 Å². The zero-order valence-corrected chi connectivity index (χ0v) is 12.5. The molecule has 5 heteroatoms. The largest absolute Gasteiger partial charge is 0.329 e. The van der Waals surface area contributed by atoms with E-state index in [-0.39, 0.29) is 5.41 Å². The minimum Gasteiger partial charge on any atom is -0.329 e. The van der Waals surface area contributed by atoms with E-state index in [0.29, 0.717) is 0 Å². The lowest BCUT2D eigenvalue weighted by Crippen LogP contribution is -2.41. The Balaban J connectivity index is 1.92. The van der Waals surface area contributed by atoms with Crippen molar-refractivity contribution in [3.05, 3.63) is 26.3 Å². The Morgan fingerprint density at radius 3 is 2.71 bits per heavy atom. The van der Waals surface area contributed by atoms with E-state index in [2.05, 4.69) is 32.8 Å². The maximum Gasteiger partial charge on any atom is 0.101 e. The standard InChI is InChI=1S/C12H13BrN2S2/c13-8-4-10(16-5-8)9-6-17-11(15-9)12(7-14)2-1-3-12/h4-6H,1-3,7,14H2. The van der Waals surface area contributed by atoms with Gasteiger partial charge in [-0.15, -0.1) is 22.7 Å². The van der Waals surface area contributed by atoms with Crippen LogP contribution in [0.2, 0.25) is 0 Å². The second kappa shape index (κ2) is 4.46. The second-order valence-electron chi connectivity index (χ2n) is 4.51. The van der Waals surface area contributed by atoms with Crippen LogP contribution in [0.15, 0.2) is 21.3 Å². The van der Waals surface area contributed by atoms with Gasteiger partial charge in [0.05, 0.1) is 10.6 Å². The van der Waals surface area contributed by atoms with Crippen molar-refractivity contribution in [3.63, 3.8) is 0 Å². The summed E-state index contributed by atoms with van der Waals surface area (Å²) in [5.74, 6) is 0. The van der Waals surface area contributed by atoms with E-state index in [4.69, 9.17) is 10.7 Å². The van der Waals surface area contributed by atoms with Crippen LogP contribution in [0.4, 0.5) is 0 Å². The maximum absolute atomic E-state index is 5.91. The van der Waals surface area contributed by atoms with E-state index >= 15 is 0 Å². The molecule has 2 aromatic rings. The Kier molecular flexibility index (Phi) is 3.11. The second-order valence-corrected chi connectivity index (χ2v) is 7.19. The lowest BCUT2D eigenvalue weighted by atomic mass is 9.69. The highest BCUT2D eigenvalue weighted by molar-refractivity contribution is 9.10. The number of hydrogen-bond donors (Lipinski definition) is 1. The Hall–Kier alpha value is -0.230. The number of hydrogen-bond acceptors (Lipinski definition) is 4. The van der Waals surface area contributed by atoms with Crippen molar-refractivity contribution in [2.45, 2.75) is 24.7 Å². The number of rotatable bonds is 3. The summed E-state index contributed by atoms with van der Waals surface area (Å²) in [6.07, 6.45) is 3.69. The van der Waals surface area contributed by atoms with Gasteiger partial charge in [-0.2, -0.15) is 0 Å². The molecule has 0 aromatic carbocycles. The van der Waals surface area contributed by atoms with Crippen LogP contribution < -0.4 is 5.73 Å². The molecular formula is C12H13BrN2S2. The lowest BCUT2D eigenvalue weighted by Gasteiger charge is -2.38. The minimum atomic E-state index is 0.192. The summed E-state index contributed by atoms with van der Waals surface area (Å²) in [5.41, 5.74) is 7.20. The summed E-state index contributed by atoms with van der Waals surface area (Å²) in [6, 6.07) is 2.12. The summed E-state index contributed by atoms with van der Waals surface area (Å²) in [6.45, 7) is 0.730. The Morgan fingerprint density at radius 1 is 1.35 bits per heavy atom. The van der Waals surface area contributed by atoms with Gasteiger partial charge in [-0.05, 0) is 34.8 Å². The van der Waals surface area contributed by atoms with Gasteiger partial charge < -0.3 is 5.73 Å². The van der Waals surface area contributed by atoms with Gasteiger partial charge in [-0.25, -0.2) is 4.98 Å². The van der Waals surface area contributed by atoms with Gasteiger partial charge in [0.1, 0.15) is 5.01 Å². The van der Waals surface area contributed by atoms with Crippen LogP contribution in [-0.4, -0.2) is 11.5 Å². The summed E-state index contributed by atoms with van der Waals surface area (Å²) in [4.78, 5) is 6.01. The molecule has 0 saturated heterocycles. The van der Waals surface area contributed by atoms with Crippen LogP contribution in [0.1, 0.15) is 24.3 Å². The minimum absolute atomic E-state index is 0.192. The summed E-state index contributed by atoms with van der Waals surface area (Å²) >= 11 is 6.97. The molecule has 0 atom stereocenters. The predicted molar refractivity (Wildman–Crippen MR) is 77.7 cm³/mol. The van der Waals surface area contributed by atoms with Gasteiger partial charge in [0.25, 0.3) is 0 Å². The summed E-state index contributed by atoms with van der Waals surface area (Å²) in [7, 11) is 0. The quantitative estimate of drug-likeness (QED) is 0.924. The van der Waals surface area contributed by atoms with E-state index in [1.54, 1.807) is 22.7 Å². The zero-order chi connectivity index (χ0) is 11.9. The third kappa shape index (κ3) is 1.99. The van der Waals surface area contributed by atoms with Crippen molar-refractivity contribution >= 4 is 38.6 Å². The highest BCUT2D eigenvalue weighted by Gasteiger charge is 2.40. The molecule has 0 aliphatic heterocycles. The smallest absolute Gasteiger partial charge is 0.101 e. The fraction of sp³-hybridized carbons (Fsp3) is 0.417. The molecule has 2 heterocycles. The molecular weight excluding hydrogens is 316 g/mol. The van der Waals surface area contributed by atoms with E-state index in [1.807, 2.05) is 0 Å². The Labute approximate surface area is 117 Å². The fourth-order valence-electron chi connectivity index (χ4n) is 2.19. The monoisotopic (exact) mass is 328 g/mol. The predicted octanol–water partition coefficient (Wildman–Crippen LogP) is 4.01. The highest BCUT2D eigenvalue weighted by atomic mass is 79.9. The zero-order valence-electron chi connectivity index (χ0n) is 9.28. The third-order valence-corrected chi connectivity index (χ3v) is 6.28. The highest BCUT2D eigenvalue weighted by Crippen LogP contribution is 2.45. The van der Waals surface area contributed by atoms with Gasteiger partial charge in [-0.3, -0.25) is 0 Å². The molecule has 0 amide bonds. The molecule has 2 nitrogen and oxygen atoms in total. The van der Waals surface area contributed by atoms with Crippen LogP contribution in [-0.2, 0) is 5.41 Å². The number of halogens is 1. The molecule has 1 saturated carbocycles. The first kappa shape index (κ1) is 11.8. The Bertz CT molecular complexity index is 523. The molecule has 0 bridgehead atoms. The SMILES string of the molecule is NCC1(c2nc(-c3cc(Br)cs3)cs2)CCC1. The molecule has 2 aromatic heterocycles. The van der Waals surface area contributed by atoms with E-state index in [9.17, 15) is 0 Å². The van der Waals surface area contributed by atoms with Crippen molar-refractivity contribution in [2.24, 2.45) is 5.73 Å². The number of nitrogens with two attached hydrogens (primary N) is 1. The Morgan fingerprint density at radius 2 is 2.18 bits per heavy atom. The molecule has 17 heavy (non-hydrogen) atoms. The van der Waals surface area contributed by atoms with Gasteiger partial charge >= 0.3 is 0 Å². The van der Waals surface area contributed by atoms with Crippen molar-refractivity contribution in [3.8, 4) is 10.6 Å². The molecule has 3 rings (SSSR count). The van der Waals surface area contributed by atoms with Crippen molar-refractivity contribution < 1.29 is 0 Å². The van der Waals surface area contributed by atoms with Gasteiger partial charge in [0.15, 0.2) is 0 Å². The molecule has 2 N–H and O–H groups in total. The molecule has 1 fully saturated rings. The van der Waals surface area contributed by atoms with Gasteiger partial charge in [0.2, 0.25) is 0 Å². The van der Waals surface area contributed by atoms with Crippen LogP contribution in [0.3, 0.4) is 0 Å². The average Bonchev–Trinajstić information content (AvgIpc) is 2.86. The van der Waals surface area contributed by atoms with Crippen LogP contribution >= 0.6 is 38.6 Å². The first-order valence-electron chi connectivity index (χ1n) is 5.64. The number of aromatic nitrogens is 1. The fourth-order valence-corrected chi connectivity index (χ4v) is 4.74. The molecule has 1 aliphatic rings. The number of thiazole rings is 1. The molecule has 0 unspecified atom stereocenters. The molecule has 90 valence electrons. The van der Waals surface area contributed by atoms with Gasteiger partial charge in [0, 0.05) is 27.2 Å². The van der Waals surface area contributed by atoms with E-state index < -0.39 is 0 Å². The molecule has 0 spiro atoms. The van der Waals surface area contributed by atoms with Crippen molar-refractivity contribution in [1.29, 1.82) is 0 Å². The molecule has 0 radical (unpaired) electrons. The topological polar surface area (TPSA) is 38.9 Å². The third-order valence-electron chi connectivity index (χ3n) is 3.48. The van der Waals surface area contributed by atoms with Crippen molar-refractivity contribution in [2.75, 3.05) is 6.54 Å². The van der Waals surface area contributed by atoms with E-state index in [1.165, 1.54) is 29.1 Å². The van der Waals surface area contributed by atoms with Crippen LogP contribution in [0.5, 0.6) is 0 Å². The van der Waals surface area contributed by atoms with E-state index in [0.717, 1.165) is 16.7 Å². The summed E-state index contributed by atoms with van der Waals surface area (Å²) < 4.78 is 1.13. The summed E-state index contributed by atoms with van der Waals surface area (Å²) in [5, 5.41) is 5.48. The lowest BCUT2D eigenvalue weighted by molar-refractivity contribution is 0.252. The number of nitrogens with zero attached hydrogens (tertiary/aromatic N) is 1. The normalized spacial score (nSPS) is 18.0. The number of thiophene rings is 1. The molecule has 1 aliphatic carbocycles. The average molecular weight is 329 g/mol. The first-order valence-corrected chi connectivity index (χ1v) is 8.19. The van der Waals surface area contributed by atoms with Crippen LogP contribution in [0.25, 0.3) is 10.6 Å².